The smallest absolute Gasteiger partial charge is 0.309 e. The molecule has 224 valence electrons. The van der Waals surface area contributed by atoms with Gasteiger partial charge >= 0.3 is 5.97 Å². The Bertz CT molecular complexity index is 1340. The molecule has 1 aromatic heterocycles. The summed E-state index contributed by atoms with van der Waals surface area (Å²) in [5.74, 6) is -2.62. The molecule has 0 saturated carbocycles. The highest BCUT2D eigenvalue weighted by Crippen LogP contribution is 2.21. The zero-order valence-electron chi connectivity index (χ0n) is 23.8. The van der Waals surface area contributed by atoms with Crippen molar-refractivity contribution >= 4 is 28.7 Å². The number of fused-ring (bicyclic) bond motifs is 1. The Morgan fingerprint density at radius 3 is 2.50 bits per heavy atom. The molecule has 0 fully saturated rings. The third kappa shape index (κ3) is 9.99. The second-order valence-corrected chi connectivity index (χ2v) is 10.3. The van der Waals surface area contributed by atoms with Crippen molar-refractivity contribution in [2.75, 3.05) is 19.8 Å². The number of aliphatic hydroxyl groups excluding tert-OH is 1. The van der Waals surface area contributed by atoms with Crippen LogP contribution in [0.5, 0.6) is 0 Å². The number of hydrogen-bond donors (Lipinski definition) is 4. The molecule has 3 rings (SSSR count). The predicted octanol–water partition coefficient (Wildman–Crippen LogP) is 4.39. The van der Waals surface area contributed by atoms with Crippen LogP contribution >= 0.6 is 0 Å². The fourth-order valence-corrected chi connectivity index (χ4v) is 4.84. The molecule has 2 aromatic carbocycles. The second kappa shape index (κ2) is 16.9. The van der Waals surface area contributed by atoms with Crippen molar-refractivity contribution in [3.05, 3.63) is 97.0 Å². The normalized spacial score (nSPS) is 13.1. The molecule has 0 spiro atoms. The van der Waals surface area contributed by atoms with Crippen molar-refractivity contribution in [2.45, 2.75) is 44.6 Å². The highest BCUT2D eigenvalue weighted by molar-refractivity contribution is 5.86. The number of aromatic nitrogens is 1. The molecule has 3 aromatic rings. The zero-order valence-corrected chi connectivity index (χ0v) is 23.8. The van der Waals surface area contributed by atoms with Gasteiger partial charge in [-0.3, -0.25) is 14.4 Å². The van der Waals surface area contributed by atoms with Crippen LogP contribution in [0.4, 0.5) is 4.39 Å². The number of carbonyl (C=O) groups excluding carboxylic acids is 3. The van der Waals surface area contributed by atoms with Crippen LogP contribution in [0.15, 0.2) is 80.0 Å². The van der Waals surface area contributed by atoms with E-state index in [9.17, 15) is 18.8 Å². The Morgan fingerprint density at radius 1 is 1.02 bits per heavy atom. The van der Waals surface area contributed by atoms with Crippen LogP contribution < -0.4 is 10.6 Å². The molecule has 3 atom stereocenters. The lowest BCUT2D eigenvalue weighted by molar-refractivity contribution is -0.150. The van der Waals surface area contributed by atoms with Gasteiger partial charge in [0.2, 0.25) is 11.8 Å². The summed E-state index contributed by atoms with van der Waals surface area (Å²) in [6.45, 7) is 7.30. The van der Waals surface area contributed by atoms with Gasteiger partial charge in [0.25, 0.3) is 0 Å². The van der Waals surface area contributed by atoms with Gasteiger partial charge in [-0.15, -0.1) is 13.2 Å². The molecule has 0 radical (unpaired) electrons. The number of hydrogen-bond acceptors (Lipinski definition) is 5. The minimum atomic E-state index is -0.679. The van der Waals surface area contributed by atoms with Crippen LogP contribution in [0.25, 0.3) is 10.9 Å². The van der Waals surface area contributed by atoms with Gasteiger partial charge in [0.05, 0.1) is 24.5 Å². The summed E-state index contributed by atoms with van der Waals surface area (Å²) in [4.78, 5) is 42.1. The number of halogens is 1. The average Bonchev–Trinajstić information content (AvgIpc) is 3.40. The minimum absolute atomic E-state index is 0.0707. The van der Waals surface area contributed by atoms with E-state index in [-0.39, 0.29) is 50.2 Å². The maximum Gasteiger partial charge on any atom is 0.309 e. The zero-order chi connectivity index (χ0) is 30.3. The van der Waals surface area contributed by atoms with E-state index in [4.69, 9.17) is 9.84 Å². The first kappa shape index (κ1) is 32.3. The number of H-pyrrole nitrogens is 1. The van der Waals surface area contributed by atoms with E-state index in [2.05, 4.69) is 28.8 Å². The monoisotopic (exact) mass is 577 g/mol. The number of amides is 2. The third-order valence-electron chi connectivity index (χ3n) is 7.05. The SMILES string of the molecule is C=CCC[C@@H](Cc1ccc(F)cc1)C(=O)OC[C@H](Cc1c[nH]c2ccccc12)NC(=O)[C@H](CC=C)CC(=O)NCCO. The molecule has 0 aliphatic heterocycles. The third-order valence-corrected chi connectivity index (χ3v) is 7.05. The highest BCUT2D eigenvalue weighted by Gasteiger charge is 2.26. The quantitative estimate of drug-likeness (QED) is 0.132. The van der Waals surface area contributed by atoms with E-state index in [1.54, 1.807) is 24.3 Å². The van der Waals surface area contributed by atoms with Gasteiger partial charge in [-0.2, -0.15) is 0 Å². The van der Waals surface area contributed by atoms with E-state index < -0.39 is 23.8 Å². The molecule has 0 saturated heterocycles. The summed E-state index contributed by atoms with van der Waals surface area (Å²) in [7, 11) is 0. The molecule has 0 bridgehead atoms. The number of esters is 1. The Hall–Kier alpha value is -4.24. The van der Waals surface area contributed by atoms with E-state index in [0.29, 0.717) is 25.7 Å². The lowest BCUT2D eigenvalue weighted by atomic mass is 9.94. The minimum Gasteiger partial charge on any atom is -0.463 e. The van der Waals surface area contributed by atoms with Crippen molar-refractivity contribution in [2.24, 2.45) is 11.8 Å². The molecule has 0 aliphatic rings. The maximum atomic E-state index is 13.4. The molecular weight excluding hydrogens is 537 g/mol. The summed E-state index contributed by atoms with van der Waals surface area (Å²) in [6.07, 6.45) is 7.29. The van der Waals surface area contributed by atoms with Gasteiger partial charge in [0.1, 0.15) is 12.4 Å². The Balaban J connectivity index is 1.76. The van der Waals surface area contributed by atoms with Crippen molar-refractivity contribution in [1.82, 2.24) is 15.6 Å². The number of carbonyl (C=O) groups is 3. The van der Waals surface area contributed by atoms with E-state index in [1.807, 2.05) is 30.5 Å². The Labute approximate surface area is 246 Å². The molecule has 8 nitrogen and oxygen atoms in total. The van der Waals surface area contributed by atoms with Crippen molar-refractivity contribution in [1.29, 1.82) is 0 Å². The number of para-hydroxylation sites is 1. The number of allylic oxidation sites excluding steroid dienone is 2. The largest absolute Gasteiger partial charge is 0.463 e. The highest BCUT2D eigenvalue weighted by atomic mass is 19.1. The number of aromatic amines is 1. The molecule has 42 heavy (non-hydrogen) atoms. The van der Waals surface area contributed by atoms with Gasteiger partial charge in [-0.1, -0.05) is 42.5 Å². The topological polar surface area (TPSA) is 121 Å². The van der Waals surface area contributed by atoms with Crippen molar-refractivity contribution < 1.29 is 28.6 Å². The average molecular weight is 578 g/mol. The number of ether oxygens (including phenoxy) is 1. The van der Waals surface area contributed by atoms with E-state index in [1.165, 1.54) is 12.1 Å². The molecule has 4 N–H and O–H groups in total. The van der Waals surface area contributed by atoms with Crippen LogP contribution in [-0.4, -0.2) is 53.7 Å². The molecule has 9 heteroatoms. The van der Waals surface area contributed by atoms with Gasteiger partial charge in [-0.25, -0.2) is 4.39 Å². The van der Waals surface area contributed by atoms with Crippen molar-refractivity contribution in [3.8, 4) is 0 Å². The first-order valence-corrected chi connectivity index (χ1v) is 14.2. The first-order chi connectivity index (χ1) is 20.3. The van der Waals surface area contributed by atoms with E-state index >= 15 is 0 Å². The van der Waals surface area contributed by atoms with Gasteiger partial charge < -0.3 is 25.5 Å². The lowest BCUT2D eigenvalue weighted by Crippen LogP contribution is -2.44. The fraction of sp³-hybridized carbons (Fsp3) is 0.364. The molecule has 0 unspecified atom stereocenters. The number of nitrogens with one attached hydrogen (secondary N) is 3. The number of aliphatic hydroxyl groups is 1. The van der Waals surface area contributed by atoms with Crippen LogP contribution in [0, 0.1) is 17.7 Å². The van der Waals surface area contributed by atoms with Gasteiger partial charge in [-0.05, 0) is 61.4 Å². The lowest BCUT2D eigenvalue weighted by Gasteiger charge is -2.23. The number of benzene rings is 2. The van der Waals surface area contributed by atoms with Crippen LogP contribution in [0.2, 0.25) is 0 Å². The van der Waals surface area contributed by atoms with Crippen molar-refractivity contribution in [3.63, 3.8) is 0 Å². The standard InChI is InChI=1S/C33H40FN3O5/c1-3-5-9-25(18-23-12-14-27(34)15-13-23)33(41)42-22-28(19-26-21-36-30-11-7-6-10-29(26)30)37-32(40)24(8-4-2)20-31(39)35-16-17-38/h3-4,6-7,10-15,21,24-25,28,36,38H,1-2,5,8-9,16-20,22H2,(H,35,39)(H,37,40)/t24-,25+,28+/m1/s1. The Kier molecular flexibility index (Phi) is 13.0. The summed E-state index contributed by atoms with van der Waals surface area (Å²) >= 11 is 0. The second-order valence-electron chi connectivity index (χ2n) is 10.3. The molecule has 1 heterocycles. The fourth-order valence-electron chi connectivity index (χ4n) is 4.84. The van der Waals surface area contributed by atoms with Gasteiger partial charge in [0, 0.05) is 30.1 Å². The Morgan fingerprint density at radius 2 is 1.79 bits per heavy atom. The first-order valence-electron chi connectivity index (χ1n) is 14.2. The van der Waals surface area contributed by atoms with Gasteiger partial charge in [0.15, 0.2) is 0 Å². The maximum absolute atomic E-state index is 13.4. The molecule has 2 amide bonds. The summed E-state index contributed by atoms with van der Waals surface area (Å²) < 4.78 is 19.2. The van der Waals surface area contributed by atoms with E-state index in [0.717, 1.165) is 22.0 Å². The molecular formula is C33H40FN3O5. The predicted molar refractivity (Wildman–Crippen MR) is 161 cm³/mol. The summed E-state index contributed by atoms with van der Waals surface area (Å²) in [5, 5.41) is 15.6. The van der Waals surface area contributed by atoms with Crippen LogP contribution in [0.1, 0.15) is 36.8 Å². The molecule has 0 aliphatic carbocycles. The number of rotatable bonds is 18. The summed E-state index contributed by atoms with van der Waals surface area (Å²) in [5.41, 5.74) is 2.71. The summed E-state index contributed by atoms with van der Waals surface area (Å²) in [6, 6.07) is 13.3. The van der Waals surface area contributed by atoms with Crippen LogP contribution in [-0.2, 0) is 32.0 Å². The van der Waals surface area contributed by atoms with Crippen LogP contribution in [0.3, 0.4) is 0 Å².